The highest BCUT2D eigenvalue weighted by molar-refractivity contribution is 6.21. The van der Waals surface area contributed by atoms with Gasteiger partial charge in [-0.05, 0) is 43.8 Å². The second-order valence-electron chi connectivity index (χ2n) is 6.57. The van der Waals surface area contributed by atoms with Gasteiger partial charge in [0.05, 0.1) is 0 Å². The van der Waals surface area contributed by atoms with Crippen molar-refractivity contribution in [2.24, 2.45) is 0 Å². The average Bonchev–Trinajstić information content (AvgIpc) is 2.91. The molecule has 0 heteroatoms. The lowest BCUT2D eigenvalue weighted by atomic mass is 9.86. The third-order valence-corrected chi connectivity index (χ3v) is 5.06. The number of fused-ring (bicyclic) bond motifs is 2. The molecule has 0 aliphatic rings. The first-order valence-electron chi connectivity index (χ1n) is 12.0. The molecule has 0 saturated carbocycles. The van der Waals surface area contributed by atoms with Gasteiger partial charge in [0.2, 0.25) is 0 Å². The van der Waals surface area contributed by atoms with Crippen LogP contribution in [0.1, 0.15) is 41.5 Å². The highest BCUT2D eigenvalue weighted by Gasteiger charge is 2.15. The average molecular weight is 421 g/mol. The molecule has 0 atom stereocenters. The molecule has 0 bridgehead atoms. The van der Waals surface area contributed by atoms with Crippen LogP contribution in [-0.4, -0.2) is 0 Å². The molecule has 0 N–H and O–H groups in total. The zero-order valence-corrected chi connectivity index (χ0v) is 20.4. The zero-order valence-electron chi connectivity index (χ0n) is 20.4. The van der Waals surface area contributed by atoms with Gasteiger partial charge < -0.3 is 0 Å². The van der Waals surface area contributed by atoms with Crippen LogP contribution in [0.4, 0.5) is 0 Å². The molecule has 32 heavy (non-hydrogen) atoms. The van der Waals surface area contributed by atoms with E-state index in [0.29, 0.717) is 0 Å². The Morgan fingerprint density at radius 3 is 0.750 bits per heavy atom. The number of hydrogen-bond donors (Lipinski definition) is 0. The van der Waals surface area contributed by atoms with Crippen molar-refractivity contribution in [2.75, 3.05) is 0 Å². The summed E-state index contributed by atoms with van der Waals surface area (Å²) in [6.07, 6.45) is 0. The smallest absolute Gasteiger partial charge is 0.00264 e. The van der Waals surface area contributed by atoms with Crippen LogP contribution in [0.2, 0.25) is 0 Å². The second-order valence-corrected chi connectivity index (χ2v) is 6.57. The van der Waals surface area contributed by atoms with Gasteiger partial charge in [0.25, 0.3) is 0 Å². The summed E-state index contributed by atoms with van der Waals surface area (Å²) in [5.41, 5.74) is 5.16. The molecule has 0 heterocycles. The maximum absolute atomic E-state index is 2.25. The lowest BCUT2D eigenvalue weighted by Gasteiger charge is -2.17. The Morgan fingerprint density at radius 1 is 0.281 bits per heavy atom. The SMILES string of the molecule is CC.CC.CC.c1ccc(-c2c3ccccc3c(-c3ccccc3)c3ccccc23)cc1. The minimum Gasteiger partial charge on any atom is -0.0683 e. The summed E-state index contributed by atoms with van der Waals surface area (Å²) < 4.78 is 0. The fourth-order valence-electron chi connectivity index (χ4n) is 3.96. The first kappa shape index (κ1) is 24.9. The van der Waals surface area contributed by atoms with Crippen molar-refractivity contribution in [3.05, 3.63) is 109 Å². The van der Waals surface area contributed by atoms with Gasteiger partial charge >= 0.3 is 0 Å². The molecule has 0 aliphatic heterocycles. The summed E-state index contributed by atoms with van der Waals surface area (Å²) in [5, 5.41) is 5.21. The van der Waals surface area contributed by atoms with Crippen molar-refractivity contribution in [1.29, 1.82) is 0 Å². The highest BCUT2D eigenvalue weighted by Crippen LogP contribution is 2.43. The van der Waals surface area contributed by atoms with Crippen molar-refractivity contribution in [3.63, 3.8) is 0 Å². The van der Waals surface area contributed by atoms with Gasteiger partial charge in [-0.15, -0.1) is 0 Å². The molecular formula is C32H36. The van der Waals surface area contributed by atoms with Gasteiger partial charge in [-0.2, -0.15) is 0 Å². The van der Waals surface area contributed by atoms with Crippen LogP contribution in [0, 0.1) is 0 Å². The topological polar surface area (TPSA) is 0 Å². The third-order valence-electron chi connectivity index (χ3n) is 5.06. The van der Waals surface area contributed by atoms with Gasteiger partial charge in [-0.25, -0.2) is 0 Å². The van der Waals surface area contributed by atoms with E-state index < -0.39 is 0 Å². The molecule has 5 rings (SSSR count). The largest absolute Gasteiger partial charge is 0.0683 e. The van der Waals surface area contributed by atoms with Gasteiger partial charge in [0.1, 0.15) is 0 Å². The molecule has 0 saturated heterocycles. The maximum Gasteiger partial charge on any atom is -0.00264 e. The molecule has 0 radical (unpaired) electrons. The van der Waals surface area contributed by atoms with E-state index in [1.807, 2.05) is 41.5 Å². The summed E-state index contributed by atoms with van der Waals surface area (Å²) in [7, 11) is 0. The third kappa shape index (κ3) is 5.08. The van der Waals surface area contributed by atoms with Crippen LogP contribution in [-0.2, 0) is 0 Å². The Hall–Kier alpha value is -3.38. The summed E-state index contributed by atoms with van der Waals surface area (Å²) in [6.45, 7) is 12.0. The van der Waals surface area contributed by atoms with E-state index in [1.165, 1.54) is 43.8 Å². The van der Waals surface area contributed by atoms with E-state index in [1.54, 1.807) is 0 Å². The predicted molar refractivity (Wildman–Crippen MR) is 146 cm³/mol. The molecule has 5 aromatic rings. The van der Waals surface area contributed by atoms with Gasteiger partial charge in [0.15, 0.2) is 0 Å². The minimum absolute atomic E-state index is 1.26. The van der Waals surface area contributed by atoms with Crippen molar-refractivity contribution in [1.82, 2.24) is 0 Å². The molecule has 0 fully saturated rings. The van der Waals surface area contributed by atoms with Crippen LogP contribution < -0.4 is 0 Å². The molecule has 0 aliphatic carbocycles. The molecular weight excluding hydrogens is 384 g/mol. The van der Waals surface area contributed by atoms with Crippen molar-refractivity contribution >= 4 is 21.5 Å². The van der Waals surface area contributed by atoms with Gasteiger partial charge in [0, 0.05) is 0 Å². The van der Waals surface area contributed by atoms with E-state index in [9.17, 15) is 0 Å². The summed E-state index contributed by atoms with van der Waals surface area (Å²) >= 11 is 0. The zero-order chi connectivity index (χ0) is 23.3. The summed E-state index contributed by atoms with van der Waals surface area (Å²) in [4.78, 5) is 0. The fourth-order valence-corrected chi connectivity index (χ4v) is 3.96. The van der Waals surface area contributed by atoms with Crippen LogP contribution in [0.5, 0.6) is 0 Å². The standard InChI is InChI=1S/C26H18.3C2H6/c1-3-11-19(12-4-1)25-21-15-7-9-17-23(21)26(20-13-5-2-6-14-20)24-18-10-8-16-22(24)25;3*1-2/h1-18H;3*1-2H3. The molecule has 0 amide bonds. The minimum atomic E-state index is 1.26. The highest BCUT2D eigenvalue weighted by atomic mass is 14.2. The molecule has 0 unspecified atom stereocenters. The normalized spacial score (nSPS) is 9.56. The van der Waals surface area contributed by atoms with Crippen LogP contribution in [0.15, 0.2) is 109 Å². The van der Waals surface area contributed by atoms with Gasteiger partial charge in [-0.1, -0.05) is 151 Å². The molecule has 0 aromatic heterocycles. The molecule has 0 spiro atoms. The second kappa shape index (κ2) is 13.1. The number of hydrogen-bond acceptors (Lipinski definition) is 0. The molecule has 0 nitrogen and oxygen atoms in total. The first-order valence-corrected chi connectivity index (χ1v) is 12.0. The molecule has 164 valence electrons. The van der Waals surface area contributed by atoms with E-state index in [2.05, 4.69) is 109 Å². The van der Waals surface area contributed by atoms with Crippen molar-refractivity contribution in [2.45, 2.75) is 41.5 Å². The van der Waals surface area contributed by atoms with Crippen molar-refractivity contribution < 1.29 is 0 Å². The lowest BCUT2D eigenvalue weighted by molar-refractivity contribution is 1.50. The fraction of sp³-hybridized carbons (Fsp3) is 0.188. The Kier molecular flexibility index (Phi) is 10.2. The maximum atomic E-state index is 2.25. The van der Waals surface area contributed by atoms with E-state index in [4.69, 9.17) is 0 Å². The lowest BCUT2D eigenvalue weighted by Crippen LogP contribution is -1.90. The van der Waals surface area contributed by atoms with Gasteiger partial charge in [-0.3, -0.25) is 0 Å². The number of benzene rings is 5. The Balaban J connectivity index is 0.000000561. The number of rotatable bonds is 2. The monoisotopic (exact) mass is 420 g/mol. The quantitative estimate of drug-likeness (QED) is 0.249. The predicted octanol–water partition coefficient (Wildman–Crippen LogP) is 10.4. The molecule has 5 aromatic carbocycles. The Labute approximate surface area is 194 Å². The van der Waals surface area contributed by atoms with E-state index in [-0.39, 0.29) is 0 Å². The van der Waals surface area contributed by atoms with Crippen LogP contribution in [0.3, 0.4) is 0 Å². The van der Waals surface area contributed by atoms with Crippen LogP contribution in [0.25, 0.3) is 43.8 Å². The first-order chi connectivity index (χ1) is 15.9. The summed E-state index contributed by atoms with van der Waals surface area (Å²) in [5.74, 6) is 0. The van der Waals surface area contributed by atoms with Crippen molar-refractivity contribution in [3.8, 4) is 22.3 Å². The van der Waals surface area contributed by atoms with E-state index in [0.717, 1.165) is 0 Å². The van der Waals surface area contributed by atoms with E-state index >= 15 is 0 Å². The Bertz CT molecular complexity index is 1050. The van der Waals surface area contributed by atoms with Crippen LogP contribution >= 0.6 is 0 Å². The summed E-state index contributed by atoms with van der Waals surface area (Å²) in [6, 6.07) is 39.0. The Morgan fingerprint density at radius 2 is 0.500 bits per heavy atom.